The van der Waals surface area contributed by atoms with E-state index >= 15 is 0 Å². The van der Waals surface area contributed by atoms with Gasteiger partial charge in [-0.05, 0) is 37.8 Å². The van der Waals surface area contributed by atoms with E-state index in [9.17, 15) is 22.0 Å². The lowest BCUT2D eigenvalue weighted by atomic mass is 10.2. The van der Waals surface area contributed by atoms with Gasteiger partial charge in [-0.1, -0.05) is 0 Å². The number of carbonyl (C=O) groups excluding carboxylic acids is 1. The van der Waals surface area contributed by atoms with Gasteiger partial charge in [0.05, 0.1) is 11.9 Å². The number of amides is 1. The molecule has 1 aromatic carbocycles. The molecule has 0 bridgehead atoms. The summed E-state index contributed by atoms with van der Waals surface area (Å²) in [5.41, 5.74) is 2.37. The highest BCUT2D eigenvalue weighted by Crippen LogP contribution is 2.29. The number of halogens is 2. The number of rotatable bonds is 3. The number of hydrogen-bond donors (Lipinski definition) is 0. The summed E-state index contributed by atoms with van der Waals surface area (Å²) in [5.74, 6) is -2.15. The minimum Gasteiger partial charge on any atom is -0.336 e. The van der Waals surface area contributed by atoms with E-state index in [0.717, 1.165) is 29.8 Å². The highest BCUT2D eigenvalue weighted by molar-refractivity contribution is 7.88. The largest absolute Gasteiger partial charge is 0.336 e. The molecule has 0 saturated carbocycles. The smallest absolute Gasteiger partial charge is 0.274 e. The molecule has 1 fully saturated rings. The molecule has 1 aliphatic carbocycles. The Balaban J connectivity index is 1.64. The molecular weight excluding hydrogens is 402 g/mol. The average Bonchev–Trinajstić information content (AvgIpc) is 3.17. The monoisotopic (exact) mass is 424 g/mol. The van der Waals surface area contributed by atoms with E-state index in [2.05, 4.69) is 5.10 Å². The fourth-order valence-corrected chi connectivity index (χ4v) is 4.89. The van der Waals surface area contributed by atoms with Gasteiger partial charge in [-0.3, -0.25) is 4.79 Å². The number of benzene rings is 1. The summed E-state index contributed by atoms with van der Waals surface area (Å²) in [5, 5.41) is 4.45. The molecule has 2 aromatic rings. The summed E-state index contributed by atoms with van der Waals surface area (Å²) in [6, 6.07) is 3.56. The van der Waals surface area contributed by atoms with Crippen molar-refractivity contribution in [3.63, 3.8) is 0 Å². The lowest BCUT2D eigenvalue weighted by Gasteiger charge is -2.20. The van der Waals surface area contributed by atoms with Gasteiger partial charge in [0.1, 0.15) is 0 Å². The summed E-state index contributed by atoms with van der Waals surface area (Å²) < 4.78 is 53.5. The first-order chi connectivity index (χ1) is 13.8. The molecule has 156 valence electrons. The third kappa shape index (κ3) is 3.78. The van der Waals surface area contributed by atoms with Gasteiger partial charge in [-0.2, -0.15) is 5.10 Å². The quantitative estimate of drug-likeness (QED) is 0.752. The van der Waals surface area contributed by atoms with Gasteiger partial charge >= 0.3 is 0 Å². The van der Waals surface area contributed by atoms with Crippen molar-refractivity contribution in [1.29, 1.82) is 0 Å². The van der Waals surface area contributed by atoms with Crippen LogP contribution in [0.5, 0.6) is 0 Å². The van der Waals surface area contributed by atoms with E-state index in [-0.39, 0.29) is 12.5 Å². The first-order valence-corrected chi connectivity index (χ1v) is 11.4. The molecule has 4 rings (SSSR count). The van der Waals surface area contributed by atoms with E-state index in [4.69, 9.17) is 0 Å². The van der Waals surface area contributed by atoms with E-state index in [1.807, 2.05) is 0 Å². The minimum absolute atomic E-state index is 0.247. The molecular formula is C19H22F2N4O3S. The Morgan fingerprint density at radius 3 is 2.55 bits per heavy atom. The van der Waals surface area contributed by atoms with Crippen LogP contribution in [0.4, 0.5) is 8.78 Å². The third-order valence-corrected chi connectivity index (χ3v) is 6.79. The summed E-state index contributed by atoms with van der Waals surface area (Å²) in [6.07, 6.45) is 3.98. The molecule has 10 heteroatoms. The summed E-state index contributed by atoms with van der Waals surface area (Å²) in [6.45, 7) is 1.36. The van der Waals surface area contributed by atoms with Crippen molar-refractivity contribution in [1.82, 2.24) is 19.0 Å². The van der Waals surface area contributed by atoms with Crippen LogP contribution in [-0.4, -0.2) is 65.7 Å². The van der Waals surface area contributed by atoms with Crippen molar-refractivity contribution in [2.75, 3.05) is 32.4 Å². The maximum atomic E-state index is 13.7. The number of sulfonamides is 1. The number of carbonyl (C=O) groups is 1. The van der Waals surface area contributed by atoms with Crippen molar-refractivity contribution < 1.29 is 22.0 Å². The van der Waals surface area contributed by atoms with Crippen LogP contribution >= 0.6 is 0 Å². The molecule has 1 saturated heterocycles. The number of fused-ring (bicyclic) bond motifs is 1. The predicted molar refractivity (Wildman–Crippen MR) is 102 cm³/mol. The van der Waals surface area contributed by atoms with Crippen LogP contribution in [0.2, 0.25) is 0 Å². The Hall–Kier alpha value is -2.33. The summed E-state index contributed by atoms with van der Waals surface area (Å²) in [7, 11) is -3.30. The van der Waals surface area contributed by atoms with E-state index in [1.54, 1.807) is 4.90 Å². The SMILES string of the molecule is CS(=O)(=O)N1CCCN(C(=O)c2nn(-c3ccc(F)c(F)c3)c3c2CCC3)CC1. The fraction of sp³-hybridized carbons (Fsp3) is 0.474. The Morgan fingerprint density at radius 1 is 1.03 bits per heavy atom. The Kier molecular flexibility index (Phi) is 5.16. The van der Waals surface area contributed by atoms with Gasteiger partial charge in [0.2, 0.25) is 10.0 Å². The lowest BCUT2D eigenvalue weighted by Crippen LogP contribution is -2.37. The Labute approximate surface area is 168 Å². The summed E-state index contributed by atoms with van der Waals surface area (Å²) in [4.78, 5) is 14.8. The molecule has 0 atom stereocenters. The van der Waals surface area contributed by atoms with Gasteiger partial charge in [0.15, 0.2) is 17.3 Å². The standard InChI is InChI=1S/C19H22F2N4O3S/c1-29(27,28)24-9-3-8-23(10-11-24)19(26)18-14-4-2-5-17(14)25(22-18)13-6-7-15(20)16(21)12-13/h6-7,12H,2-5,8-11H2,1H3. The molecule has 1 aliphatic heterocycles. The lowest BCUT2D eigenvalue weighted by molar-refractivity contribution is 0.0757. The molecule has 7 nitrogen and oxygen atoms in total. The van der Waals surface area contributed by atoms with Crippen LogP contribution in [0.25, 0.3) is 5.69 Å². The van der Waals surface area contributed by atoms with Crippen molar-refractivity contribution in [3.05, 3.63) is 46.8 Å². The van der Waals surface area contributed by atoms with Crippen LogP contribution in [0, 0.1) is 11.6 Å². The van der Waals surface area contributed by atoms with E-state index < -0.39 is 21.7 Å². The molecule has 0 radical (unpaired) electrons. The Morgan fingerprint density at radius 2 is 1.83 bits per heavy atom. The van der Waals surface area contributed by atoms with Crippen LogP contribution < -0.4 is 0 Å². The van der Waals surface area contributed by atoms with Crippen LogP contribution in [0.15, 0.2) is 18.2 Å². The van der Waals surface area contributed by atoms with Gasteiger partial charge < -0.3 is 4.90 Å². The Bertz CT molecular complexity index is 1070. The fourth-order valence-electron chi connectivity index (χ4n) is 4.02. The first kappa shape index (κ1) is 20.0. The second-order valence-corrected chi connectivity index (χ2v) is 9.43. The maximum absolute atomic E-state index is 13.7. The van der Waals surface area contributed by atoms with E-state index in [0.29, 0.717) is 50.3 Å². The van der Waals surface area contributed by atoms with Gasteiger partial charge in [0, 0.05) is 43.5 Å². The zero-order chi connectivity index (χ0) is 20.8. The average molecular weight is 424 g/mol. The zero-order valence-corrected chi connectivity index (χ0v) is 16.9. The molecule has 29 heavy (non-hydrogen) atoms. The normalized spacial score (nSPS) is 18.0. The highest BCUT2D eigenvalue weighted by atomic mass is 32.2. The molecule has 1 amide bonds. The second-order valence-electron chi connectivity index (χ2n) is 7.45. The van der Waals surface area contributed by atoms with Crippen LogP contribution in [0.3, 0.4) is 0 Å². The third-order valence-electron chi connectivity index (χ3n) is 5.49. The molecule has 0 unspecified atom stereocenters. The first-order valence-electron chi connectivity index (χ1n) is 9.56. The molecule has 0 spiro atoms. The van der Waals surface area contributed by atoms with Crippen molar-refractivity contribution >= 4 is 15.9 Å². The predicted octanol–water partition coefficient (Wildman–Crippen LogP) is 1.75. The minimum atomic E-state index is -3.30. The molecule has 2 heterocycles. The number of hydrogen-bond acceptors (Lipinski definition) is 4. The maximum Gasteiger partial charge on any atom is 0.274 e. The summed E-state index contributed by atoms with van der Waals surface area (Å²) >= 11 is 0. The second kappa shape index (κ2) is 7.49. The van der Waals surface area contributed by atoms with Crippen LogP contribution in [0.1, 0.15) is 34.6 Å². The van der Waals surface area contributed by atoms with Crippen molar-refractivity contribution in [2.24, 2.45) is 0 Å². The molecule has 1 aromatic heterocycles. The van der Waals surface area contributed by atoms with Gasteiger partial charge in [-0.15, -0.1) is 0 Å². The molecule has 0 N–H and O–H groups in total. The van der Waals surface area contributed by atoms with Crippen molar-refractivity contribution in [3.8, 4) is 5.69 Å². The van der Waals surface area contributed by atoms with Crippen LogP contribution in [-0.2, 0) is 22.9 Å². The van der Waals surface area contributed by atoms with Crippen molar-refractivity contribution in [2.45, 2.75) is 25.7 Å². The number of aromatic nitrogens is 2. The topological polar surface area (TPSA) is 75.5 Å². The van der Waals surface area contributed by atoms with Gasteiger partial charge in [0.25, 0.3) is 5.91 Å². The van der Waals surface area contributed by atoms with Gasteiger partial charge in [-0.25, -0.2) is 26.2 Å². The zero-order valence-electron chi connectivity index (χ0n) is 16.1. The van der Waals surface area contributed by atoms with E-state index in [1.165, 1.54) is 21.3 Å². The number of nitrogens with zero attached hydrogens (tertiary/aromatic N) is 4. The molecule has 2 aliphatic rings. The highest BCUT2D eigenvalue weighted by Gasteiger charge is 2.31.